The normalized spacial score (nSPS) is 18.2. The van der Waals surface area contributed by atoms with Crippen molar-refractivity contribution >= 4 is 15.7 Å². The highest BCUT2D eigenvalue weighted by Gasteiger charge is 2.34. The summed E-state index contributed by atoms with van der Waals surface area (Å²) in [4.78, 5) is 14.4. The van der Waals surface area contributed by atoms with Gasteiger partial charge in [0.25, 0.3) is 5.91 Å². The van der Waals surface area contributed by atoms with Crippen LogP contribution in [0.4, 0.5) is 0 Å². The molecule has 2 aromatic carbocycles. The van der Waals surface area contributed by atoms with Gasteiger partial charge in [-0.25, -0.2) is 8.42 Å². The van der Waals surface area contributed by atoms with Crippen LogP contribution in [0.1, 0.15) is 20.3 Å². The Hall–Kier alpha value is -2.34. The lowest BCUT2D eigenvalue weighted by Gasteiger charge is -2.29. The first-order valence-electron chi connectivity index (χ1n) is 9.62. The zero-order valence-electron chi connectivity index (χ0n) is 16.4. The van der Waals surface area contributed by atoms with Crippen LogP contribution in [0.15, 0.2) is 54.6 Å². The Bertz CT molecular complexity index is 892. The first kappa shape index (κ1) is 20.4. The van der Waals surface area contributed by atoms with Crippen molar-refractivity contribution in [2.45, 2.75) is 26.3 Å². The molecule has 0 radical (unpaired) electrons. The molecule has 0 unspecified atom stereocenters. The molecule has 2 aromatic rings. The molecule has 150 valence electrons. The van der Waals surface area contributed by atoms with Gasteiger partial charge in [-0.1, -0.05) is 56.3 Å². The maximum absolute atomic E-state index is 12.7. The predicted molar refractivity (Wildman–Crippen MR) is 111 cm³/mol. The van der Waals surface area contributed by atoms with E-state index >= 15 is 0 Å². The third-order valence-corrected chi connectivity index (χ3v) is 6.61. The van der Waals surface area contributed by atoms with Gasteiger partial charge in [0, 0.05) is 12.6 Å². The van der Waals surface area contributed by atoms with Crippen LogP contribution in [0.5, 0.6) is 5.75 Å². The van der Waals surface area contributed by atoms with Crippen molar-refractivity contribution in [3.63, 3.8) is 0 Å². The van der Waals surface area contributed by atoms with Crippen LogP contribution in [0.3, 0.4) is 0 Å². The summed E-state index contributed by atoms with van der Waals surface area (Å²) in [5.41, 5.74) is 2.20. The number of hydrogen-bond donors (Lipinski definition) is 0. The van der Waals surface area contributed by atoms with Crippen LogP contribution in [-0.2, 0) is 14.6 Å². The maximum atomic E-state index is 12.7. The van der Waals surface area contributed by atoms with E-state index < -0.39 is 9.84 Å². The van der Waals surface area contributed by atoms with E-state index in [0.29, 0.717) is 18.7 Å². The number of nitrogens with zero attached hydrogens (tertiary/aromatic N) is 1. The molecule has 1 atom stereocenters. The van der Waals surface area contributed by atoms with Crippen LogP contribution < -0.4 is 4.74 Å². The highest BCUT2D eigenvalue weighted by molar-refractivity contribution is 7.91. The standard InChI is InChI=1S/C22H27NO4S/c1-17(2)14-23(20-12-13-28(25,26)16-20)22(24)15-27-21-10-8-19(9-11-21)18-6-4-3-5-7-18/h3-11,17,20H,12-16H2,1-2H3/t20-/m0/s1. The van der Waals surface area contributed by atoms with E-state index in [1.165, 1.54) is 0 Å². The Kier molecular flexibility index (Phi) is 6.39. The fourth-order valence-corrected chi connectivity index (χ4v) is 5.20. The Balaban J connectivity index is 1.62. The molecule has 1 saturated heterocycles. The maximum Gasteiger partial charge on any atom is 0.260 e. The highest BCUT2D eigenvalue weighted by Crippen LogP contribution is 2.23. The molecule has 0 bridgehead atoms. The SMILES string of the molecule is CC(C)CN(C(=O)COc1ccc(-c2ccccc2)cc1)[C@H]1CCS(=O)(=O)C1. The number of carbonyl (C=O) groups excluding carboxylic acids is 1. The average molecular weight is 402 g/mol. The minimum atomic E-state index is -3.04. The minimum absolute atomic E-state index is 0.0528. The molecule has 1 aliphatic heterocycles. The Morgan fingerprint density at radius 1 is 1.07 bits per heavy atom. The van der Waals surface area contributed by atoms with E-state index in [1.54, 1.807) is 4.90 Å². The van der Waals surface area contributed by atoms with Gasteiger partial charge in [-0.3, -0.25) is 4.79 Å². The molecule has 5 nitrogen and oxygen atoms in total. The highest BCUT2D eigenvalue weighted by atomic mass is 32.2. The lowest BCUT2D eigenvalue weighted by molar-refractivity contribution is -0.135. The molecule has 0 saturated carbocycles. The summed E-state index contributed by atoms with van der Waals surface area (Å²) < 4.78 is 29.3. The third-order valence-electron chi connectivity index (χ3n) is 4.86. The zero-order valence-corrected chi connectivity index (χ0v) is 17.2. The lowest BCUT2D eigenvalue weighted by atomic mass is 10.1. The van der Waals surface area contributed by atoms with Gasteiger partial charge in [-0.2, -0.15) is 0 Å². The first-order chi connectivity index (χ1) is 13.3. The molecule has 28 heavy (non-hydrogen) atoms. The van der Waals surface area contributed by atoms with E-state index in [-0.39, 0.29) is 36.0 Å². The van der Waals surface area contributed by atoms with E-state index in [2.05, 4.69) is 0 Å². The molecule has 0 aliphatic carbocycles. The van der Waals surface area contributed by atoms with Crippen LogP contribution in [0, 0.1) is 5.92 Å². The molecule has 6 heteroatoms. The number of benzene rings is 2. The number of hydrogen-bond acceptors (Lipinski definition) is 4. The smallest absolute Gasteiger partial charge is 0.260 e. The Labute approximate surface area is 167 Å². The molecule has 1 fully saturated rings. The number of carbonyl (C=O) groups is 1. The summed E-state index contributed by atoms with van der Waals surface area (Å²) in [6.07, 6.45) is 0.507. The molecule has 3 rings (SSSR count). The Morgan fingerprint density at radius 2 is 1.71 bits per heavy atom. The largest absolute Gasteiger partial charge is 0.484 e. The van der Waals surface area contributed by atoms with Gasteiger partial charge in [-0.15, -0.1) is 0 Å². The van der Waals surface area contributed by atoms with Crippen LogP contribution in [0.2, 0.25) is 0 Å². The molecule has 0 N–H and O–H groups in total. The second-order valence-electron chi connectivity index (χ2n) is 7.68. The number of ether oxygens (including phenoxy) is 1. The van der Waals surface area contributed by atoms with Crippen molar-refractivity contribution in [3.05, 3.63) is 54.6 Å². The molecule has 1 heterocycles. The van der Waals surface area contributed by atoms with Crippen molar-refractivity contribution in [1.29, 1.82) is 0 Å². The fraction of sp³-hybridized carbons (Fsp3) is 0.409. The minimum Gasteiger partial charge on any atom is -0.484 e. The van der Waals surface area contributed by atoms with Gasteiger partial charge >= 0.3 is 0 Å². The van der Waals surface area contributed by atoms with Gasteiger partial charge in [0.05, 0.1) is 11.5 Å². The lowest BCUT2D eigenvalue weighted by Crippen LogP contribution is -2.45. The number of sulfone groups is 1. The monoisotopic (exact) mass is 401 g/mol. The van der Waals surface area contributed by atoms with Crippen LogP contribution in [-0.4, -0.2) is 49.9 Å². The number of rotatable bonds is 7. The van der Waals surface area contributed by atoms with Gasteiger partial charge < -0.3 is 9.64 Å². The van der Waals surface area contributed by atoms with E-state index in [1.807, 2.05) is 68.4 Å². The summed E-state index contributed by atoms with van der Waals surface area (Å²) in [5.74, 6) is 0.926. The fourth-order valence-electron chi connectivity index (χ4n) is 3.47. The summed E-state index contributed by atoms with van der Waals surface area (Å²) in [6, 6.07) is 17.4. The molecule has 0 spiro atoms. The van der Waals surface area contributed by atoms with Crippen molar-refractivity contribution in [3.8, 4) is 16.9 Å². The van der Waals surface area contributed by atoms with Crippen molar-refractivity contribution in [2.75, 3.05) is 24.7 Å². The molecular formula is C22H27NO4S. The predicted octanol–water partition coefficient (Wildman–Crippen LogP) is 3.40. The third kappa shape index (κ3) is 5.35. The molecule has 1 aliphatic rings. The van der Waals surface area contributed by atoms with Gasteiger partial charge in [0.15, 0.2) is 16.4 Å². The molecule has 1 amide bonds. The molecule has 0 aromatic heterocycles. The second-order valence-corrected chi connectivity index (χ2v) is 9.90. The molecular weight excluding hydrogens is 374 g/mol. The van der Waals surface area contributed by atoms with Crippen LogP contribution >= 0.6 is 0 Å². The van der Waals surface area contributed by atoms with E-state index in [9.17, 15) is 13.2 Å². The van der Waals surface area contributed by atoms with E-state index in [4.69, 9.17) is 4.74 Å². The number of amides is 1. The quantitative estimate of drug-likeness (QED) is 0.713. The van der Waals surface area contributed by atoms with Gasteiger partial charge in [0.2, 0.25) is 0 Å². The summed E-state index contributed by atoms with van der Waals surface area (Å²) in [7, 11) is -3.04. The second kappa shape index (κ2) is 8.78. The average Bonchev–Trinajstić information content (AvgIpc) is 3.04. The topological polar surface area (TPSA) is 63.7 Å². The summed E-state index contributed by atoms with van der Waals surface area (Å²) >= 11 is 0. The van der Waals surface area contributed by atoms with Crippen molar-refractivity contribution < 1.29 is 17.9 Å². The van der Waals surface area contributed by atoms with Gasteiger partial charge in [0.1, 0.15) is 5.75 Å². The summed E-state index contributed by atoms with van der Waals surface area (Å²) in [5, 5.41) is 0. The van der Waals surface area contributed by atoms with Crippen molar-refractivity contribution in [2.24, 2.45) is 5.92 Å². The first-order valence-corrected chi connectivity index (χ1v) is 11.4. The van der Waals surface area contributed by atoms with Crippen LogP contribution in [0.25, 0.3) is 11.1 Å². The summed E-state index contributed by atoms with van der Waals surface area (Å²) in [6.45, 7) is 4.49. The Morgan fingerprint density at radius 3 is 2.29 bits per heavy atom. The van der Waals surface area contributed by atoms with Gasteiger partial charge in [-0.05, 0) is 35.6 Å². The van der Waals surface area contributed by atoms with E-state index in [0.717, 1.165) is 11.1 Å². The van der Waals surface area contributed by atoms with Crippen molar-refractivity contribution in [1.82, 2.24) is 4.90 Å². The zero-order chi connectivity index (χ0) is 20.1.